The summed E-state index contributed by atoms with van der Waals surface area (Å²) in [6, 6.07) is 0.831. The van der Waals surface area contributed by atoms with Crippen molar-refractivity contribution in [1.82, 2.24) is 5.32 Å². The number of hydrogen-bond acceptors (Lipinski definition) is 2. The molecule has 100 valence electrons. The van der Waals surface area contributed by atoms with E-state index in [4.69, 9.17) is 0 Å². The third-order valence-corrected chi connectivity index (χ3v) is 3.97. The van der Waals surface area contributed by atoms with Gasteiger partial charge in [-0.2, -0.15) is 24.5 Å². The van der Waals surface area contributed by atoms with Crippen molar-refractivity contribution in [3.8, 4) is 0 Å². The SMILES string of the molecule is O=C(N[C@@H]1CCCC[C@@H]1C(F)(F)F)c1ccsc1. The highest BCUT2D eigenvalue weighted by molar-refractivity contribution is 7.08. The molecule has 6 heteroatoms. The predicted octanol–water partition coefficient (Wildman–Crippen LogP) is 3.60. The summed E-state index contributed by atoms with van der Waals surface area (Å²) < 4.78 is 38.5. The molecule has 0 aliphatic heterocycles. The van der Waals surface area contributed by atoms with E-state index in [0.29, 0.717) is 18.4 Å². The second kappa shape index (κ2) is 5.30. The number of carbonyl (C=O) groups is 1. The predicted molar refractivity (Wildman–Crippen MR) is 63.6 cm³/mol. The van der Waals surface area contributed by atoms with Gasteiger partial charge in [-0.25, -0.2) is 0 Å². The molecule has 2 atom stereocenters. The second-order valence-electron chi connectivity index (χ2n) is 4.52. The van der Waals surface area contributed by atoms with Gasteiger partial charge in [0.15, 0.2) is 0 Å². The van der Waals surface area contributed by atoms with Crippen LogP contribution in [0, 0.1) is 5.92 Å². The van der Waals surface area contributed by atoms with Gasteiger partial charge in [-0.15, -0.1) is 0 Å². The van der Waals surface area contributed by atoms with Gasteiger partial charge in [0, 0.05) is 17.0 Å². The lowest BCUT2D eigenvalue weighted by Crippen LogP contribution is -2.47. The summed E-state index contributed by atoms with van der Waals surface area (Å²) in [7, 11) is 0. The van der Waals surface area contributed by atoms with Gasteiger partial charge in [0.25, 0.3) is 5.91 Å². The summed E-state index contributed by atoms with van der Waals surface area (Å²) in [6.45, 7) is 0. The van der Waals surface area contributed by atoms with Gasteiger partial charge in [-0.3, -0.25) is 4.79 Å². The molecule has 18 heavy (non-hydrogen) atoms. The van der Waals surface area contributed by atoms with E-state index >= 15 is 0 Å². The van der Waals surface area contributed by atoms with Crippen LogP contribution in [0.5, 0.6) is 0 Å². The molecule has 0 bridgehead atoms. The van der Waals surface area contributed by atoms with Crippen molar-refractivity contribution in [2.45, 2.75) is 37.9 Å². The number of carbonyl (C=O) groups excluding carboxylic acids is 1. The van der Waals surface area contributed by atoms with E-state index in [0.717, 1.165) is 6.42 Å². The first-order chi connectivity index (χ1) is 8.48. The number of rotatable bonds is 2. The Morgan fingerprint density at radius 3 is 2.67 bits per heavy atom. The molecule has 2 nitrogen and oxygen atoms in total. The lowest BCUT2D eigenvalue weighted by molar-refractivity contribution is -0.187. The van der Waals surface area contributed by atoms with E-state index in [9.17, 15) is 18.0 Å². The summed E-state index contributed by atoms with van der Waals surface area (Å²) in [5.41, 5.74) is 0.437. The van der Waals surface area contributed by atoms with E-state index in [-0.39, 0.29) is 6.42 Å². The molecule has 1 amide bonds. The molecule has 1 aromatic rings. The van der Waals surface area contributed by atoms with Gasteiger partial charge in [0.2, 0.25) is 0 Å². The number of thiophene rings is 1. The maximum Gasteiger partial charge on any atom is 0.393 e. The summed E-state index contributed by atoms with van der Waals surface area (Å²) in [4.78, 5) is 11.8. The third-order valence-electron chi connectivity index (χ3n) is 3.29. The average molecular weight is 277 g/mol. The Bertz CT molecular complexity index is 402. The summed E-state index contributed by atoms with van der Waals surface area (Å²) in [6.07, 6.45) is -2.40. The molecule has 0 spiro atoms. The minimum atomic E-state index is -4.23. The zero-order valence-corrected chi connectivity index (χ0v) is 10.5. The fraction of sp³-hybridized carbons (Fsp3) is 0.583. The minimum absolute atomic E-state index is 0.109. The van der Waals surface area contributed by atoms with Gasteiger partial charge >= 0.3 is 6.18 Å². The van der Waals surface area contributed by atoms with Crippen LogP contribution < -0.4 is 5.32 Å². The quantitative estimate of drug-likeness (QED) is 0.879. The van der Waals surface area contributed by atoms with Crippen molar-refractivity contribution in [3.05, 3.63) is 22.4 Å². The largest absolute Gasteiger partial charge is 0.393 e. The van der Waals surface area contributed by atoms with Crippen LogP contribution in [0.3, 0.4) is 0 Å². The first-order valence-electron chi connectivity index (χ1n) is 5.88. The van der Waals surface area contributed by atoms with E-state index in [1.54, 1.807) is 16.8 Å². The van der Waals surface area contributed by atoms with Gasteiger partial charge < -0.3 is 5.32 Å². The molecule has 1 aliphatic rings. The lowest BCUT2D eigenvalue weighted by atomic mass is 9.84. The van der Waals surface area contributed by atoms with Gasteiger partial charge in [0.1, 0.15) is 0 Å². The molecule has 2 rings (SSSR count). The fourth-order valence-corrected chi connectivity index (χ4v) is 2.98. The summed E-state index contributed by atoms with van der Waals surface area (Å²) >= 11 is 1.35. The van der Waals surface area contributed by atoms with Crippen LogP contribution in [0.15, 0.2) is 16.8 Å². The lowest BCUT2D eigenvalue weighted by Gasteiger charge is -2.33. The van der Waals surface area contributed by atoms with E-state index in [1.165, 1.54) is 11.3 Å². The van der Waals surface area contributed by atoms with Crippen molar-refractivity contribution >= 4 is 17.2 Å². The molecule has 1 saturated carbocycles. The van der Waals surface area contributed by atoms with E-state index in [2.05, 4.69) is 5.32 Å². The summed E-state index contributed by atoms with van der Waals surface area (Å²) in [5, 5.41) is 5.90. The fourth-order valence-electron chi connectivity index (χ4n) is 2.34. The van der Waals surface area contributed by atoms with Crippen molar-refractivity contribution in [3.63, 3.8) is 0 Å². The molecule has 1 N–H and O–H groups in total. The van der Waals surface area contributed by atoms with Crippen LogP contribution >= 0.6 is 11.3 Å². The number of halogens is 3. The van der Waals surface area contributed by atoms with Crippen molar-refractivity contribution in [1.29, 1.82) is 0 Å². The van der Waals surface area contributed by atoms with Crippen LogP contribution in [0.2, 0.25) is 0 Å². The van der Waals surface area contributed by atoms with E-state index < -0.39 is 24.0 Å². The highest BCUT2D eigenvalue weighted by Gasteiger charge is 2.45. The highest BCUT2D eigenvalue weighted by Crippen LogP contribution is 2.37. The topological polar surface area (TPSA) is 29.1 Å². The molecule has 0 radical (unpaired) electrons. The Labute approximate surface area is 107 Å². The van der Waals surface area contributed by atoms with Crippen LogP contribution in [-0.4, -0.2) is 18.1 Å². The van der Waals surface area contributed by atoms with Crippen LogP contribution in [0.4, 0.5) is 13.2 Å². The Kier molecular flexibility index (Phi) is 3.94. The molecule has 1 aliphatic carbocycles. The molecule has 1 fully saturated rings. The molecule has 1 aromatic heterocycles. The zero-order chi connectivity index (χ0) is 13.2. The number of amides is 1. The van der Waals surface area contributed by atoms with Gasteiger partial charge in [0.05, 0.1) is 5.92 Å². The van der Waals surface area contributed by atoms with Crippen molar-refractivity contribution in [2.24, 2.45) is 5.92 Å². The molecule has 0 saturated heterocycles. The van der Waals surface area contributed by atoms with Gasteiger partial charge in [-0.1, -0.05) is 12.8 Å². The van der Waals surface area contributed by atoms with Crippen LogP contribution in [0.1, 0.15) is 36.0 Å². The molecule has 0 unspecified atom stereocenters. The Balaban J connectivity index is 2.04. The zero-order valence-electron chi connectivity index (χ0n) is 9.67. The highest BCUT2D eigenvalue weighted by atomic mass is 32.1. The maximum absolute atomic E-state index is 12.8. The summed E-state index contributed by atoms with van der Waals surface area (Å²) in [5.74, 6) is -1.81. The molecular weight excluding hydrogens is 263 g/mol. The monoisotopic (exact) mass is 277 g/mol. The van der Waals surface area contributed by atoms with Crippen LogP contribution in [0.25, 0.3) is 0 Å². The first-order valence-corrected chi connectivity index (χ1v) is 6.82. The average Bonchev–Trinajstić information content (AvgIpc) is 2.81. The normalized spacial score (nSPS) is 24.8. The van der Waals surface area contributed by atoms with Crippen molar-refractivity contribution in [2.75, 3.05) is 0 Å². The molecule has 1 heterocycles. The maximum atomic E-state index is 12.8. The van der Waals surface area contributed by atoms with Crippen LogP contribution in [-0.2, 0) is 0 Å². The Hall–Kier alpha value is -1.04. The van der Waals surface area contributed by atoms with Gasteiger partial charge in [-0.05, 0) is 24.3 Å². The number of alkyl halides is 3. The third kappa shape index (κ3) is 3.04. The van der Waals surface area contributed by atoms with E-state index in [1.807, 2.05) is 0 Å². The number of hydrogen-bond donors (Lipinski definition) is 1. The molecule has 0 aromatic carbocycles. The Morgan fingerprint density at radius 2 is 2.06 bits per heavy atom. The van der Waals surface area contributed by atoms with Crippen molar-refractivity contribution < 1.29 is 18.0 Å². The Morgan fingerprint density at radius 1 is 1.33 bits per heavy atom. The smallest absolute Gasteiger partial charge is 0.349 e. The molecular formula is C12H14F3NOS. The number of nitrogens with one attached hydrogen (secondary N) is 1. The standard InChI is InChI=1S/C12H14F3NOS/c13-12(14,15)9-3-1-2-4-10(9)16-11(17)8-5-6-18-7-8/h5-7,9-10H,1-4H2,(H,16,17)/t9-,10+/m0/s1. The first kappa shape index (κ1) is 13.4. The minimum Gasteiger partial charge on any atom is -0.349 e. The second-order valence-corrected chi connectivity index (χ2v) is 5.30.